The Balaban J connectivity index is 2.30. The number of aromatic nitrogens is 1. The Kier molecular flexibility index (Phi) is 3.23. The maximum Gasteiger partial charge on any atom is 0.356 e. The van der Waals surface area contributed by atoms with Crippen LogP contribution >= 0.6 is 0 Å². The van der Waals surface area contributed by atoms with Gasteiger partial charge in [0.05, 0.1) is 10.5 Å². The zero-order chi connectivity index (χ0) is 14.0. The van der Waals surface area contributed by atoms with Crippen LogP contribution in [0.4, 0.5) is 16.0 Å². The number of hydrogen-bond donors (Lipinski definition) is 1. The second-order valence-electron chi connectivity index (χ2n) is 3.64. The molecular weight excluding hydrogens is 257 g/mol. The highest BCUT2D eigenvalue weighted by atomic mass is 19.1. The summed E-state index contributed by atoms with van der Waals surface area (Å²) in [6.07, 6.45) is 0. The predicted molar refractivity (Wildman–Crippen MR) is 62.2 cm³/mol. The second kappa shape index (κ2) is 4.84. The van der Waals surface area contributed by atoms with Gasteiger partial charge in [-0.1, -0.05) is 17.3 Å². The molecule has 1 aromatic heterocycles. The average molecular weight is 265 g/mol. The van der Waals surface area contributed by atoms with Gasteiger partial charge in [-0.05, 0) is 19.1 Å². The third-order valence-corrected chi connectivity index (χ3v) is 2.36. The third kappa shape index (κ3) is 2.41. The molecule has 0 spiro atoms. The van der Waals surface area contributed by atoms with Crippen molar-refractivity contribution in [2.75, 3.05) is 5.32 Å². The Bertz CT molecular complexity index is 653. The van der Waals surface area contributed by atoms with Crippen molar-refractivity contribution in [2.24, 2.45) is 0 Å². The molecule has 0 radical (unpaired) electrons. The largest absolute Gasteiger partial charge is 0.356 e. The van der Waals surface area contributed by atoms with Crippen LogP contribution in [0.2, 0.25) is 0 Å². The van der Waals surface area contributed by atoms with Gasteiger partial charge in [0.1, 0.15) is 5.82 Å². The number of nitrogens with one attached hydrogen (secondary N) is 1. The van der Waals surface area contributed by atoms with Crippen molar-refractivity contribution in [3.05, 3.63) is 51.5 Å². The number of benzene rings is 1. The number of halogens is 1. The van der Waals surface area contributed by atoms with Crippen molar-refractivity contribution in [2.45, 2.75) is 6.92 Å². The lowest BCUT2D eigenvalue weighted by atomic mass is 10.2. The first-order valence-corrected chi connectivity index (χ1v) is 5.17. The van der Waals surface area contributed by atoms with Gasteiger partial charge in [-0.3, -0.25) is 20.2 Å². The Labute approximate surface area is 106 Å². The van der Waals surface area contributed by atoms with Crippen LogP contribution in [0.1, 0.15) is 16.1 Å². The molecule has 0 bridgehead atoms. The molecule has 98 valence electrons. The van der Waals surface area contributed by atoms with Crippen LogP contribution in [0, 0.1) is 22.9 Å². The molecule has 2 rings (SSSR count). The quantitative estimate of drug-likeness (QED) is 0.678. The van der Waals surface area contributed by atoms with Crippen molar-refractivity contribution in [3.63, 3.8) is 0 Å². The smallest absolute Gasteiger partial charge is 0.330 e. The van der Waals surface area contributed by atoms with E-state index in [1.54, 1.807) is 0 Å². The van der Waals surface area contributed by atoms with Crippen molar-refractivity contribution >= 4 is 17.5 Å². The fourth-order valence-electron chi connectivity index (χ4n) is 1.48. The molecule has 0 fully saturated rings. The van der Waals surface area contributed by atoms with E-state index in [-0.39, 0.29) is 11.3 Å². The van der Waals surface area contributed by atoms with E-state index in [0.29, 0.717) is 0 Å². The Hall–Kier alpha value is -2.77. The predicted octanol–water partition coefficient (Wildman–Crippen LogP) is 2.28. The number of amides is 1. The lowest BCUT2D eigenvalue weighted by Crippen LogP contribution is -2.14. The number of hydrogen-bond acceptors (Lipinski definition) is 5. The maximum absolute atomic E-state index is 13.4. The third-order valence-electron chi connectivity index (χ3n) is 2.36. The van der Waals surface area contributed by atoms with Crippen LogP contribution in [0.25, 0.3) is 0 Å². The molecular formula is C11H8FN3O4. The van der Waals surface area contributed by atoms with Gasteiger partial charge >= 0.3 is 11.6 Å². The summed E-state index contributed by atoms with van der Waals surface area (Å²) in [5, 5.41) is 16.3. The summed E-state index contributed by atoms with van der Waals surface area (Å²) in [5.74, 6) is -2.01. The van der Waals surface area contributed by atoms with Gasteiger partial charge in [0.2, 0.25) is 0 Å². The van der Waals surface area contributed by atoms with Crippen molar-refractivity contribution in [1.82, 2.24) is 5.16 Å². The van der Waals surface area contributed by atoms with Gasteiger partial charge in [-0.15, -0.1) is 0 Å². The first-order valence-electron chi connectivity index (χ1n) is 5.17. The molecule has 1 amide bonds. The first kappa shape index (κ1) is 12.7. The summed E-state index contributed by atoms with van der Waals surface area (Å²) in [7, 11) is 0. The lowest BCUT2D eigenvalue weighted by molar-refractivity contribution is -0.384. The summed E-state index contributed by atoms with van der Waals surface area (Å²) in [6, 6.07) is 5.25. The molecule has 2 aromatic rings. The molecule has 0 atom stereocenters. The Morgan fingerprint density at radius 3 is 2.79 bits per heavy atom. The minimum atomic E-state index is -0.850. The molecule has 7 nitrogen and oxygen atoms in total. The maximum atomic E-state index is 13.4. The summed E-state index contributed by atoms with van der Waals surface area (Å²) in [5.41, 5.74) is -0.677. The summed E-state index contributed by atoms with van der Waals surface area (Å²) in [4.78, 5) is 21.8. The molecule has 0 aliphatic carbocycles. The number of nitro groups is 1. The molecule has 0 aliphatic rings. The van der Waals surface area contributed by atoms with Crippen LogP contribution in [0.3, 0.4) is 0 Å². The zero-order valence-corrected chi connectivity index (χ0v) is 9.71. The zero-order valence-electron chi connectivity index (χ0n) is 9.71. The van der Waals surface area contributed by atoms with E-state index >= 15 is 0 Å². The molecule has 0 saturated carbocycles. The highest BCUT2D eigenvalue weighted by Gasteiger charge is 2.26. The molecule has 8 heteroatoms. The molecule has 0 aliphatic heterocycles. The number of aryl methyl sites for hydroxylation is 1. The molecule has 19 heavy (non-hydrogen) atoms. The van der Waals surface area contributed by atoms with Gasteiger partial charge in [0.15, 0.2) is 5.69 Å². The summed E-state index contributed by atoms with van der Waals surface area (Å²) in [6.45, 7) is 1.36. The monoisotopic (exact) mass is 265 g/mol. The van der Waals surface area contributed by atoms with Gasteiger partial charge in [0, 0.05) is 0 Å². The number of anilines is 1. The van der Waals surface area contributed by atoms with E-state index in [1.165, 1.54) is 25.1 Å². The van der Waals surface area contributed by atoms with Gasteiger partial charge in [-0.2, -0.15) is 0 Å². The van der Waals surface area contributed by atoms with Crippen LogP contribution in [0.15, 0.2) is 28.8 Å². The second-order valence-corrected chi connectivity index (χ2v) is 3.64. The minimum absolute atomic E-state index is 0.0221. The number of rotatable bonds is 3. The normalized spacial score (nSPS) is 10.2. The molecule has 0 unspecified atom stereocenters. The van der Waals surface area contributed by atoms with Crippen molar-refractivity contribution in [1.29, 1.82) is 0 Å². The highest BCUT2D eigenvalue weighted by molar-refractivity contribution is 6.04. The van der Waals surface area contributed by atoms with Crippen molar-refractivity contribution in [3.8, 4) is 0 Å². The van der Waals surface area contributed by atoms with Gasteiger partial charge in [0.25, 0.3) is 5.91 Å². The van der Waals surface area contributed by atoms with E-state index in [2.05, 4.69) is 15.0 Å². The van der Waals surface area contributed by atoms with Crippen LogP contribution in [-0.2, 0) is 0 Å². The van der Waals surface area contributed by atoms with Gasteiger partial charge < -0.3 is 4.52 Å². The van der Waals surface area contributed by atoms with E-state index in [0.717, 1.165) is 6.07 Å². The SMILES string of the molecule is Cc1noc(NC(=O)c2ccccc2F)c1[N+](=O)[O-]. The lowest BCUT2D eigenvalue weighted by Gasteiger charge is -2.01. The van der Waals surface area contributed by atoms with E-state index in [1.807, 2.05) is 0 Å². The Morgan fingerprint density at radius 1 is 1.47 bits per heavy atom. The van der Waals surface area contributed by atoms with Crippen LogP contribution in [0.5, 0.6) is 0 Å². The molecule has 0 saturated heterocycles. The Morgan fingerprint density at radius 2 is 2.16 bits per heavy atom. The van der Waals surface area contributed by atoms with E-state index in [4.69, 9.17) is 0 Å². The van der Waals surface area contributed by atoms with E-state index < -0.39 is 28.2 Å². The van der Waals surface area contributed by atoms with Crippen LogP contribution in [-0.4, -0.2) is 16.0 Å². The fourth-order valence-corrected chi connectivity index (χ4v) is 1.48. The molecule has 1 aromatic carbocycles. The first-order chi connectivity index (χ1) is 9.00. The topological polar surface area (TPSA) is 98.3 Å². The van der Waals surface area contributed by atoms with Crippen LogP contribution < -0.4 is 5.32 Å². The minimum Gasteiger partial charge on any atom is -0.330 e. The summed E-state index contributed by atoms with van der Waals surface area (Å²) >= 11 is 0. The van der Waals surface area contributed by atoms with Crippen molar-refractivity contribution < 1.29 is 18.6 Å². The highest BCUT2D eigenvalue weighted by Crippen LogP contribution is 2.28. The standard InChI is InChI=1S/C11H8FN3O4/c1-6-9(15(17)18)11(19-14-6)13-10(16)7-4-2-3-5-8(7)12/h2-5H,1H3,(H,13,16). The van der Waals surface area contributed by atoms with E-state index in [9.17, 15) is 19.3 Å². The number of carbonyl (C=O) groups excluding carboxylic acids is 1. The number of carbonyl (C=O) groups is 1. The number of nitrogens with zero attached hydrogens (tertiary/aromatic N) is 2. The molecule has 1 N–H and O–H groups in total. The average Bonchev–Trinajstić information content (AvgIpc) is 2.70. The fraction of sp³-hybridized carbons (Fsp3) is 0.0909. The molecule has 1 heterocycles. The van der Waals surface area contributed by atoms with Gasteiger partial charge in [-0.25, -0.2) is 4.39 Å². The summed E-state index contributed by atoms with van der Waals surface area (Å²) < 4.78 is 18.0.